The van der Waals surface area contributed by atoms with Crippen LogP contribution in [0.3, 0.4) is 0 Å². The molecule has 0 saturated carbocycles. The molecule has 0 radical (unpaired) electrons. The van der Waals surface area contributed by atoms with Crippen molar-refractivity contribution in [3.8, 4) is 11.1 Å². The summed E-state index contributed by atoms with van der Waals surface area (Å²) < 4.78 is 5.57. The molecule has 2 unspecified atom stereocenters. The second kappa shape index (κ2) is 9.65. The van der Waals surface area contributed by atoms with Gasteiger partial charge >= 0.3 is 12.1 Å². The number of rotatable bonds is 6. The van der Waals surface area contributed by atoms with Crippen molar-refractivity contribution in [2.45, 2.75) is 38.6 Å². The summed E-state index contributed by atoms with van der Waals surface area (Å²) in [5.74, 6) is -1.78. The molecule has 4 rings (SSSR count). The number of ether oxygens (including phenoxy) is 1. The van der Waals surface area contributed by atoms with E-state index in [-0.39, 0.29) is 30.9 Å². The number of hydrogen-bond acceptors (Lipinski definition) is 4. The Kier molecular flexibility index (Phi) is 6.67. The maximum Gasteiger partial charge on any atom is 0.407 e. The molecule has 2 aromatic carbocycles. The molecule has 0 aromatic heterocycles. The van der Waals surface area contributed by atoms with E-state index >= 15 is 0 Å². The standard InChI is InChI=1S/C26H30N2O5/c1-3-23(24(29)28-13-12-16(2)21(14-28)25(30)31)27-26(32)33-15-22-19-10-6-4-8-17(19)18-9-5-7-11-20(18)22/h4-11,16,21-23H,3,12-15H2,1-2H3,(H,27,32)(H,30,31)/t16?,21?,23-/m1/s1. The van der Waals surface area contributed by atoms with Gasteiger partial charge in [0.15, 0.2) is 0 Å². The van der Waals surface area contributed by atoms with Gasteiger partial charge in [-0.1, -0.05) is 62.4 Å². The molecule has 1 aliphatic heterocycles. The summed E-state index contributed by atoms with van der Waals surface area (Å²) in [4.78, 5) is 38.7. The fourth-order valence-corrected chi connectivity index (χ4v) is 4.93. The van der Waals surface area contributed by atoms with Crippen molar-refractivity contribution in [3.63, 3.8) is 0 Å². The summed E-state index contributed by atoms with van der Waals surface area (Å²) in [7, 11) is 0. The predicted molar refractivity (Wildman–Crippen MR) is 124 cm³/mol. The van der Waals surface area contributed by atoms with Gasteiger partial charge in [0.1, 0.15) is 12.6 Å². The Morgan fingerprint density at radius 1 is 1.09 bits per heavy atom. The van der Waals surface area contributed by atoms with Crippen LogP contribution >= 0.6 is 0 Å². The molecule has 7 nitrogen and oxygen atoms in total. The Morgan fingerprint density at radius 3 is 2.27 bits per heavy atom. The minimum Gasteiger partial charge on any atom is -0.481 e. The van der Waals surface area contributed by atoms with Gasteiger partial charge < -0.3 is 20.1 Å². The second-order valence-corrected chi connectivity index (χ2v) is 8.93. The Hall–Kier alpha value is -3.35. The Balaban J connectivity index is 1.38. The molecule has 3 atom stereocenters. The average Bonchev–Trinajstić information content (AvgIpc) is 3.14. The lowest BCUT2D eigenvalue weighted by atomic mass is 9.87. The SMILES string of the molecule is CC[C@@H](NC(=O)OCC1c2ccccc2-c2ccccc21)C(=O)N1CCC(C)C(C(=O)O)C1. The highest BCUT2D eigenvalue weighted by atomic mass is 16.5. The third kappa shape index (κ3) is 4.58. The van der Waals surface area contributed by atoms with Crippen LogP contribution in [0.2, 0.25) is 0 Å². The van der Waals surface area contributed by atoms with Gasteiger partial charge in [-0.25, -0.2) is 4.79 Å². The highest BCUT2D eigenvalue weighted by Gasteiger charge is 2.36. The molecule has 1 aliphatic carbocycles. The van der Waals surface area contributed by atoms with E-state index in [2.05, 4.69) is 29.6 Å². The molecule has 0 spiro atoms. The van der Waals surface area contributed by atoms with Crippen molar-refractivity contribution in [2.75, 3.05) is 19.7 Å². The van der Waals surface area contributed by atoms with E-state index in [9.17, 15) is 19.5 Å². The van der Waals surface area contributed by atoms with Gasteiger partial charge in [0.2, 0.25) is 5.91 Å². The zero-order valence-electron chi connectivity index (χ0n) is 19.0. The maximum absolute atomic E-state index is 13.0. The van der Waals surface area contributed by atoms with Crippen molar-refractivity contribution in [2.24, 2.45) is 11.8 Å². The molecule has 2 amide bonds. The summed E-state index contributed by atoms with van der Waals surface area (Å²) in [6, 6.07) is 15.5. The highest BCUT2D eigenvalue weighted by Crippen LogP contribution is 2.44. The van der Waals surface area contributed by atoms with Crippen molar-refractivity contribution < 1.29 is 24.2 Å². The Bertz CT molecular complexity index is 1010. The zero-order valence-corrected chi connectivity index (χ0v) is 19.0. The third-order valence-corrected chi connectivity index (χ3v) is 6.93. The lowest BCUT2D eigenvalue weighted by Crippen LogP contribution is -2.53. The monoisotopic (exact) mass is 450 g/mol. The van der Waals surface area contributed by atoms with Crippen molar-refractivity contribution in [1.82, 2.24) is 10.2 Å². The lowest BCUT2D eigenvalue weighted by molar-refractivity contribution is -0.148. The van der Waals surface area contributed by atoms with Crippen LogP contribution in [0.1, 0.15) is 43.7 Å². The number of benzene rings is 2. The van der Waals surface area contributed by atoms with Crippen LogP contribution in [0.4, 0.5) is 4.79 Å². The predicted octanol–water partition coefficient (Wildman–Crippen LogP) is 3.87. The molecule has 174 valence electrons. The molecule has 1 saturated heterocycles. The summed E-state index contributed by atoms with van der Waals surface area (Å²) in [6.45, 7) is 4.54. The number of carbonyl (C=O) groups is 3. The number of carbonyl (C=O) groups excluding carboxylic acids is 2. The first kappa shape index (κ1) is 22.8. The van der Waals surface area contributed by atoms with Crippen LogP contribution in [0.5, 0.6) is 0 Å². The lowest BCUT2D eigenvalue weighted by Gasteiger charge is -2.36. The van der Waals surface area contributed by atoms with E-state index in [1.807, 2.05) is 38.1 Å². The van der Waals surface area contributed by atoms with E-state index in [1.165, 1.54) is 0 Å². The molecule has 7 heteroatoms. The molecular weight excluding hydrogens is 420 g/mol. The number of alkyl carbamates (subject to hydrolysis) is 1. The smallest absolute Gasteiger partial charge is 0.407 e. The van der Waals surface area contributed by atoms with Crippen LogP contribution in [0, 0.1) is 11.8 Å². The topological polar surface area (TPSA) is 95.9 Å². The molecule has 2 aromatic rings. The maximum atomic E-state index is 13.0. The number of carboxylic acids is 1. The van der Waals surface area contributed by atoms with Gasteiger partial charge in [-0.15, -0.1) is 0 Å². The third-order valence-electron chi connectivity index (χ3n) is 6.93. The van der Waals surface area contributed by atoms with Gasteiger partial charge in [-0.3, -0.25) is 9.59 Å². The molecule has 0 bridgehead atoms. The van der Waals surface area contributed by atoms with Crippen LogP contribution in [-0.2, 0) is 14.3 Å². The van der Waals surface area contributed by atoms with E-state index < -0.39 is 24.0 Å². The molecule has 33 heavy (non-hydrogen) atoms. The molecule has 2 aliphatic rings. The minimum absolute atomic E-state index is 0.0155. The van der Waals surface area contributed by atoms with Crippen molar-refractivity contribution in [1.29, 1.82) is 0 Å². The minimum atomic E-state index is -0.891. The molecule has 1 heterocycles. The zero-order chi connectivity index (χ0) is 23.5. The highest BCUT2D eigenvalue weighted by molar-refractivity contribution is 5.86. The summed E-state index contributed by atoms with van der Waals surface area (Å²) in [5.41, 5.74) is 4.54. The summed E-state index contributed by atoms with van der Waals surface area (Å²) in [6.07, 6.45) is 0.383. The number of piperidine rings is 1. The largest absolute Gasteiger partial charge is 0.481 e. The number of nitrogens with zero attached hydrogens (tertiary/aromatic N) is 1. The number of likely N-dealkylation sites (tertiary alicyclic amines) is 1. The van der Waals surface area contributed by atoms with E-state index in [0.717, 1.165) is 22.3 Å². The average molecular weight is 451 g/mol. The van der Waals surface area contributed by atoms with Crippen LogP contribution in [0.25, 0.3) is 11.1 Å². The van der Waals surface area contributed by atoms with Crippen molar-refractivity contribution in [3.05, 3.63) is 59.7 Å². The fraction of sp³-hybridized carbons (Fsp3) is 0.423. The number of hydrogen-bond donors (Lipinski definition) is 2. The van der Waals surface area contributed by atoms with Gasteiger partial charge in [0, 0.05) is 19.0 Å². The van der Waals surface area contributed by atoms with Crippen LogP contribution in [0.15, 0.2) is 48.5 Å². The van der Waals surface area contributed by atoms with Crippen LogP contribution < -0.4 is 5.32 Å². The van der Waals surface area contributed by atoms with Crippen molar-refractivity contribution >= 4 is 18.0 Å². The first-order valence-corrected chi connectivity index (χ1v) is 11.5. The first-order valence-electron chi connectivity index (χ1n) is 11.5. The number of aliphatic carboxylic acids is 1. The van der Waals surface area contributed by atoms with Gasteiger partial charge in [0.25, 0.3) is 0 Å². The van der Waals surface area contributed by atoms with Gasteiger partial charge in [-0.05, 0) is 41.0 Å². The van der Waals surface area contributed by atoms with E-state index in [4.69, 9.17) is 4.74 Å². The van der Waals surface area contributed by atoms with Gasteiger partial charge in [-0.2, -0.15) is 0 Å². The molecule has 1 fully saturated rings. The molecular formula is C26H30N2O5. The molecule has 2 N–H and O–H groups in total. The first-order chi connectivity index (χ1) is 15.9. The number of carboxylic acid groups (broad SMARTS) is 1. The van der Waals surface area contributed by atoms with Gasteiger partial charge in [0.05, 0.1) is 5.92 Å². The van der Waals surface area contributed by atoms with Crippen LogP contribution in [-0.4, -0.2) is 53.7 Å². The van der Waals surface area contributed by atoms with E-state index in [0.29, 0.717) is 19.4 Å². The Morgan fingerprint density at radius 2 is 1.70 bits per heavy atom. The summed E-state index contributed by atoms with van der Waals surface area (Å²) >= 11 is 0. The number of nitrogens with one attached hydrogen (secondary N) is 1. The van der Waals surface area contributed by atoms with E-state index in [1.54, 1.807) is 4.90 Å². The summed E-state index contributed by atoms with van der Waals surface area (Å²) in [5, 5.41) is 12.1. The quantitative estimate of drug-likeness (QED) is 0.697. The second-order valence-electron chi connectivity index (χ2n) is 8.93. The number of fused-ring (bicyclic) bond motifs is 3. The number of amides is 2. The fourth-order valence-electron chi connectivity index (χ4n) is 4.93. The Labute approximate surface area is 193 Å². The normalized spacial score (nSPS) is 20.5.